The maximum atomic E-state index is 12.5. The van der Waals surface area contributed by atoms with Crippen LogP contribution in [0.2, 0.25) is 0 Å². The summed E-state index contributed by atoms with van der Waals surface area (Å²) in [5, 5.41) is 0. The van der Waals surface area contributed by atoms with Gasteiger partial charge in [0, 0.05) is 42.8 Å². The van der Waals surface area contributed by atoms with Crippen LogP contribution in [0.25, 0.3) is 0 Å². The third-order valence-electron chi connectivity index (χ3n) is 4.61. The van der Waals surface area contributed by atoms with E-state index < -0.39 is 0 Å². The highest BCUT2D eigenvalue weighted by molar-refractivity contribution is 9.10. The van der Waals surface area contributed by atoms with Crippen LogP contribution in [0.3, 0.4) is 0 Å². The molecule has 2 aromatic rings. The molecule has 2 aromatic carbocycles. The van der Waals surface area contributed by atoms with E-state index in [0.29, 0.717) is 6.42 Å². The number of hydrogen-bond acceptors (Lipinski definition) is 2. The van der Waals surface area contributed by atoms with Gasteiger partial charge in [-0.15, -0.1) is 0 Å². The largest absolute Gasteiger partial charge is 0.368 e. The maximum Gasteiger partial charge on any atom is 0.223 e. The molecule has 3 nitrogen and oxygen atoms in total. The Balaban J connectivity index is 1.51. The van der Waals surface area contributed by atoms with Crippen LogP contribution in [0.5, 0.6) is 0 Å². The molecule has 0 unspecified atom stereocenters. The minimum absolute atomic E-state index is 0.263. The van der Waals surface area contributed by atoms with E-state index in [9.17, 15) is 4.79 Å². The van der Waals surface area contributed by atoms with Crippen LogP contribution >= 0.6 is 15.9 Å². The van der Waals surface area contributed by atoms with Crippen molar-refractivity contribution in [1.82, 2.24) is 4.90 Å². The number of halogens is 1. The van der Waals surface area contributed by atoms with Crippen molar-refractivity contribution in [3.05, 3.63) is 64.1 Å². The first kappa shape index (κ1) is 17.0. The summed E-state index contributed by atoms with van der Waals surface area (Å²) in [5.74, 6) is 0.263. The number of aryl methyl sites for hydroxylation is 2. The van der Waals surface area contributed by atoms with Crippen LogP contribution < -0.4 is 4.90 Å². The van der Waals surface area contributed by atoms with Crippen LogP contribution in [0.4, 0.5) is 5.69 Å². The quantitative estimate of drug-likeness (QED) is 0.791. The number of benzene rings is 2. The van der Waals surface area contributed by atoms with Gasteiger partial charge in [0.1, 0.15) is 0 Å². The number of nitrogens with zero attached hydrogens (tertiary/aromatic N) is 2. The van der Waals surface area contributed by atoms with Crippen LogP contribution in [-0.4, -0.2) is 37.0 Å². The predicted molar refractivity (Wildman–Crippen MR) is 102 cm³/mol. The highest BCUT2D eigenvalue weighted by Gasteiger charge is 2.21. The molecule has 3 rings (SSSR count). The molecule has 0 atom stereocenters. The minimum atomic E-state index is 0.263. The van der Waals surface area contributed by atoms with Crippen LogP contribution in [0, 0.1) is 6.92 Å². The number of hydrogen-bond donors (Lipinski definition) is 0. The van der Waals surface area contributed by atoms with Crippen molar-refractivity contribution >= 4 is 27.5 Å². The van der Waals surface area contributed by atoms with Crippen molar-refractivity contribution < 1.29 is 4.79 Å². The number of rotatable bonds is 4. The third-order valence-corrected chi connectivity index (χ3v) is 5.10. The molecule has 1 saturated heterocycles. The second-order valence-electron chi connectivity index (χ2n) is 6.28. The Morgan fingerprint density at radius 1 is 1.04 bits per heavy atom. The monoisotopic (exact) mass is 386 g/mol. The first-order valence-electron chi connectivity index (χ1n) is 8.46. The van der Waals surface area contributed by atoms with E-state index in [1.807, 2.05) is 17.0 Å². The molecule has 0 aliphatic carbocycles. The van der Waals surface area contributed by atoms with Gasteiger partial charge >= 0.3 is 0 Å². The van der Waals surface area contributed by atoms with Crippen molar-refractivity contribution in [2.24, 2.45) is 0 Å². The molecule has 1 amide bonds. The van der Waals surface area contributed by atoms with E-state index in [2.05, 4.69) is 64.2 Å². The maximum absolute atomic E-state index is 12.5. The Bertz CT molecular complexity index is 708. The summed E-state index contributed by atoms with van der Waals surface area (Å²) in [5.41, 5.74) is 3.79. The normalized spacial score (nSPS) is 14.8. The summed E-state index contributed by atoms with van der Waals surface area (Å²) >= 11 is 3.48. The van der Waals surface area contributed by atoms with Gasteiger partial charge < -0.3 is 9.80 Å². The molecule has 0 N–H and O–H groups in total. The van der Waals surface area contributed by atoms with Crippen LogP contribution in [0.1, 0.15) is 17.5 Å². The summed E-state index contributed by atoms with van der Waals surface area (Å²) in [6.07, 6.45) is 1.39. The molecule has 126 valence electrons. The fraction of sp³-hybridized carbons (Fsp3) is 0.350. The standard InChI is InChI=1S/C20H23BrN2O/c1-16-5-2-3-8-19(16)22-11-13-23(14-12-22)20(24)10-9-17-6-4-7-18(21)15-17/h2-8,15H,9-14H2,1H3. The van der Waals surface area contributed by atoms with Gasteiger partial charge in [-0.05, 0) is 42.7 Å². The number of anilines is 1. The summed E-state index contributed by atoms with van der Waals surface area (Å²) in [4.78, 5) is 16.9. The fourth-order valence-corrected chi connectivity index (χ4v) is 3.66. The van der Waals surface area contributed by atoms with Gasteiger partial charge in [-0.1, -0.05) is 46.3 Å². The fourth-order valence-electron chi connectivity index (χ4n) is 3.22. The molecule has 24 heavy (non-hydrogen) atoms. The number of amides is 1. The lowest BCUT2D eigenvalue weighted by Crippen LogP contribution is -2.49. The number of piperazine rings is 1. The third kappa shape index (κ3) is 4.18. The molecule has 0 saturated carbocycles. The molecule has 1 aliphatic rings. The van der Waals surface area contributed by atoms with E-state index in [-0.39, 0.29) is 5.91 Å². The smallest absolute Gasteiger partial charge is 0.223 e. The van der Waals surface area contributed by atoms with E-state index in [1.54, 1.807) is 0 Å². The van der Waals surface area contributed by atoms with Crippen molar-refractivity contribution in [1.29, 1.82) is 0 Å². The molecular weight excluding hydrogens is 364 g/mol. The van der Waals surface area contributed by atoms with Crippen molar-refractivity contribution in [3.63, 3.8) is 0 Å². The highest BCUT2D eigenvalue weighted by atomic mass is 79.9. The Morgan fingerprint density at radius 3 is 2.50 bits per heavy atom. The van der Waals surface area contributed by atoms with Crippen LogP contribution in [0.15, 0.2) is 53.0 Å². The van der Waals surface area contributed by atoms with E-state index in [4.69, 9.17) is 0 Å². The zero-order valence-corrected chi connectivity index (χ0v) is 15.6. The molecule has 0 radical (unpaired) electrons. The van der Waals surface area contributed by atoms with Gasteiger partial charge in [-0.2, -0.15) is 0 Å². The topological polar surface area (TPSA) is 23.6 Å². The van der Waals surface area contributed by atoms with Gasteiger partial charge in [0.25, 0.3) is 0 Å². The number of para-hydroxylation sites is 1. The average Bonchev–Trinajstić information content (AvgIpc) is 2.60. The van der Waals surface area contributed by atoms with Gasteiger partial charge in [0.15, 0.2) is 0 Å². The Labute approximate surface area is 152 Å². The molecule has 0 aromatic heterocycles. The molecule has 1 aliphatic heterocycles. The minimum Gasteiger partial charge on any atom is -0.368 e. The molecule has 0 bridgehead atoms. The number of carbonyl (C=O) groups excluding carboxylic acids is 1. The van der Waals surface area contributed by atoms with Crippen molar-refractivity contribution in [2.75, 3.05) is 31.1 Å². The second kappa shape index (κ2) is 7.84. The summed E-state index contributed by atoms with van der Waals surface area (Å²) in [7, 11) is 0. The predicted octanol–water partition coefficient (Wildman–Crippen LogP) is 4.04. The van der Waals surface area contributed by atoms with Crippen molar-refractivity contribution in [2.45, 2.75) is 19.8 Å². The van der Waals surface area contributed by atoms with Gasteiger partial charge in [-0.25, -0.2) is 0 Å². The van der Waals surface area contributed by atoms with E-state index >= 15 is 0 Å². The molecular formula is C20H23BrN2O. The Morgan fingerprint density at radius 2 is 1.79 bits per heavy atom. The first-order valence-corrected chi connectivity index (χ1v) is 9.25. The molecule has 4 heteroatoms. The Kier molecular flexibility index (Phi) is 5.56. The van der Waals surface area contributed by atoms with Gasteiger partial charge in [0.05, 0.1) is 0 Å². The van der Waals surface area contributed by atoms with E-state index in [1.165, 1.54) is 16.8 Å². The lowest BCUT2D eigenvalue weighted by atomic mass is 10.1. The lowest BCUT2D eigenvalue weighted by molar-refractivity contribution is -0.131. The second-order valence-corrected chi connectivity index (χ2v) is 7.20. The summed E-state index contributed by atoms with van der Waals surface area (Å²) in [6, 6.07) is 16.7. The summed E-state index contributed by atoms with van der Waals surface area (Å²) < 4.78 is 1.07. The van der Waals surface area contributed by atoms with Crippen LogP contribution in [-0.2, 0) is 11.2 Å². The first-order chi connectivity index (χ1) is 11.6. The Hall–Kier alpha value is -1.81. The van der Waals surface area contributed by atoms with Gasteiger partial charge in [-0.3, -0.25) is 4.79 Å². The average molecular weight is 387 g/mol. The zero-order valence-electron chi connectivity index (χ0n) is 14.0. The van der Waals surface area contributed by atoms with E-state index in [0.717, 1.165) is 37.1 Å². The van der Waals surface area contributed by atoms with Crippen molar-refractivity contribution in [3.8, 4) is 0 Å². The molecule has 0 spiro atoms. The number of carbonyl (C=O) groups is 1. The zero-order chi connectivity index (χ0) is 16.9. The highest BCUT2D eigenvalue weighted by Crippen LogP contribution is 2.21. The van der Waals surface area contributed by atoms with Gasteiger partial charge in [0.2, 0.25) is 5.91 Å². The lowest BCUT2D eigenvalue weighted by Gasteiger charge is -2.37. The molecule has 1 heterocycles. The summed E-state index contributed by atoms with van der Waals surface area (Å²) in [6.45, 7) is 5.59. The molecule has 1 fully saturated rings. The SMILES string of the molecule is Cc1ccccc1N1CCN(C(=O)CCc2cccc(Br)c2)CC1.